The Bertz CT molecular complexity index is 171. The third-order valence-electron chi connectivity index (χ3n) is 3.24. The Kier molecular flexibility index (Phi) is 4.14. The van der Waals surface area contributed by atoms with Crippen molar-refractivity contribution >= 4 is 11.8 Å². The predicted molar refractivity (Wildman–Crippen MR) is 61.9 cm³/mol. The van der Waals surface area contributed by atoms with Crippen LogP contribution in [0.5, 0.6) is 0 Å². The van der Waals surface area contributed by atoms with E-state index in [0.29, 0.717) is 6.10 Å². The molecule has 2 saturated heterocycles. The molecule has 0 aliphatic carbocycles. The molecular weight excluding hydrogens is 194 g/mol. The first-order chi connectivity index (χ1) is 6.86. The summed E-state index contributed by atoms with van der Waals surface area (Å²) in [4.78, 5) is 0. The summed E-state index contributed by atoms with van der Waals surface area (Å²) in [7, 11) is 0. The van der Waals surface area contributed by atoms with Crippen molar-refractivity contribution in [2.45, 2.75) is 50.0 Å². The summed E-state index contributed by atoms with van der Waals surface area (Å²) < 4.78 is 5.61. The number of hydrogen-bond donors (Lipinski definition) is 1. The molecule has 3 atom stereocenters. The number of nitrogens with one attached hydrogen (secondary N) is 1. The molecule has 14 heavy (non-hydrogen) atoms. The van der Waals surface area contributed by atoms with Crippen LogP contribution in [0, 0.1) is 0 Å². The van der Waals surface area contributed by atoms with Gasteiger partial charge in [-0.1, -0.05) is 6.92 Å². The molecule has 2 fully saturated rings. The minimum absolute atomic E-state index is 0.495. The molecule has 2 aliphatic heterocycles. The summed E-state index contributed by atoms with van der Waals surface area (Å²) in [6, 6.07) is 0.720. The second-order valence-electron chi connectivity index (χ2n) is 4.37. The first-order valence-electron chi connectivity index (χ1n) is 5.83. The Morgan fingerprint density at radius 2 is 2.29 bits per heavy atom. The van der Waals surface area contributed by atoms with E-state index < -0.39 is 0 Å². The maximum absolute atomic E-state index is 5.61. The van der Waals surface area contributed by atoms with Crippen molar-refractivity contribution in [1.29, 1.82) is 0 Å². The molecule has 1 N–H and O–H groups in total. The van der Waals surface area contributed by atoms with Gasteiger partial charge in [0, 0.05) is 24.4 Å². The minimum atomic E-state index is 0.495. The summed E-state index contributed by atoms with van der Waals surface area (Å²) in [6.45, 7) is 4.38. The fraction of sp³-hybridized carbons (Fsp3) is 1.00. The highest BCUT2D eigenvalue weighted by Gasteiger charge is 2.23. The Balaban J connectivity index is 1.67. The van der Waals surface area contributed by atoms with E-state index in [1.807, 2.05) is 0 Å². The molecule has 3 unspecified atom stereocenters. The molecule has 0 bridgehead atoms. The van der Waals surface area contributed by atoms with E-state index in [0.717, 1.165) is 24.4 Å². The first-order valence-corrected chi connectivity index (χ1v) is 6.88. The molecule has 2 heterocycles. The third kappa shape index (κ3) is 2.88. The van der Waals surface area contributed by atoms with Gasteiger partial charge in [-0.2, -0.15) is 11.8 Å². The molecule has 0 radical (unpaired) electrons. The van der Waals surface area contributed by atoms with Crippen LogP contribution in [0.1, 0.15) is 32.6 Å². The molecule has 0 aromatic rings. The molecule has 2 nitrogen and oxygen atoms in total. The van der Waals surface area contributed by atoms with Crippen LogP contribution in [0.25, 0.3) is 0 Å². The zero-order valence-corrected chi connectivity index (χ0v) is 9.81. The van der Waals surface area contributed by atoms with Crippen molar-refractivity contribution in [1.82, 2.24) is 5.32 Å². The third-order valence-corrected chi connectivity index (χ3v) is 4.62. The highest BCUT2D eigenvalue weighted by atomic mass is 32.2. The molecule has 0 aromatic heterocycles. The van der Waals surface area contributed by atoms with Crippen molar-refractivity contribution in [2.75, 3.05) is 18.9 Å². The van der Waals surface area contributed by atoms with Crippen LogP contribution in [-0.4, -0.2) is 36.3 Å². The Morgan fingerprint density at radius 3 is 3.00 bits per heavy atom. The molecule has 0 aromatic carbocycles. The molecule has 0 spiro atoms. The van der Waals surface area contributed by atoms with Gasteiger partial charge in [0.1, 0.15) is 0 Å². The van der Waals surface area contributed by atoms with E-state index in [2.05, 4.69) is 24.0 Å². The van der Waals surface area contributed by atoms with Gasteiger partial charge < -0.3 is 10.1 Å². The Hall–Kier alpha value is 0.270. The second-order valence-corrected chi connectivity index (χ2v) is 5.85. The van der Waals surface area contributed by atoms with Gasteiger partial charge in [-0.05, 0) is 31.4 Å². The van der Waals surface area contributed by atoms with Crippen molar-refractivity contribution in [3.05, 3.63) is 0 Å². The van der Waals surface area contributed by atoms with Gasteiger partial charge in [0.25, 0.3) is 0 Å². The van der Waals surface area contributed by atoms with Crippen molar-refractivity contribution in [2.24, 2.45) is 0 Å². The summed E-state index contributed by atoms with van der Waals surface area (Å²) in [6.07, 6.45) is 5.72. The molecular formula is C11H21NOS. The monoisotopic (exact) mass is 215 g/mol. The van der Waals surface area contributed by atoms with Crippen molar-refractivity contribution < 1.29 is 4.74 Å². The fourth-order valence-electron chi connectivity index (χ4n) is 2.28. The average molecular weight is 215 g/mol. The Labute approximate surface area is 91.2 Å². The standard InChI is InChI=1S/C11H21NOS/c1-9-11(5-3-7-14-9)12-8-10-4-2-6-13-10/h9-12H,2-8H2,1H3. The summed E-state index contributed by atoms with van der Waals surface area (Å²) >= 11 is 2.11. The maximum atomic E-state index is 5.61. The average Bonchev–Trinajstić information content (AvgIpc) is 2.69. The number of rotatable bonds is 3. The predicted octanol–water partition coefficient (Wildman–Crippen LogP) is 2.04. The number of thioether (sulfide) groups is 1. The molecule has 82 valence electrons. The topological polar surface area (TPSA) is 21.3 Å². The van der Waals surface area contributed by atoms with Crippen LogP contribution >= 0.6 is 11.8 Å². The van der Waals surface area contributed by atoms with E-state index in [9.17, 15) is 0 Å². The van der Waals surface area contributed by atoms with E-state index in [1.165, 1.54) is 31.4 Å². The normalized spacial score (nSPS) is 38.8. The minimum Gasteiger partial charge on any atom is -0.377 e. The van der Waals surface area contributed by atoms with Crippen LogP contribution in [0.15, 0.2) is 0 Å². The van der Waals surface area contributed by atoms with Gasteiger partial charge in [-0.3, -0.25) is 0 Å². The Morgan fingerprint density at radius 1 is 1.36 bits per heavy atom. The molecule has 0 saturated carbocycles. The first kappa shape index (κ1) is 10.8. The van der Waals surface area contributed by atoms with Crippen molar-refractivity contribution in [3.8, 4) is 0 Å². The fourth-order valence-corrected chi connectivity index (χ4v) is 3.45. The zero-order chi connectivity index (χ0) is 9.80. The zero-order valence-electron chi connectivity index (χ0n) is 9.00. The van der Waals surface area contributed by atoms with Crippen LogP contribution in [0.3, 0.4) is 0 Å². The lowest BCUT2D eigenvalue weighted by atomic mass is 10.1. The van der Waals surface area contributed by atoms with E-state index in [-0.39, 0.29) is 0 Å². The van der Waals surface area contributed by atoms with Crippen LogP contribution in [0.2, 0.25) is 0 Å². The summed E-state index contributed by atoms with van der Waals surface area (Å²) in [5.74, 6) is 1.35. The summed E-state index contributed by atoms with van der Waals surface area (Å²) in [5, 5.41) is 4.45. The van der Waals surface area contributed by atoms with Gasteiger partial charge in [-0.25, -0.2) is 0 Å². The SMILES string of the molecule is CC1SCCCC1NCC1CCCO1. The van der Waals surface area contributed by atoms with Gasteiger partial charge in [-0.15, -0.1) is 0 Å². The highest BCUT2D eigenvalue weighted by molar-refractivity contribution is 7.99. The van der Waals surface area contributed by atoms with Crippen LogP contribution in [-0.2, 0) is 4.74 Å². The summed E-state index contributed by atoms with van der Waals surface area (Å²) in [5.41, 5.74) is 0. The lowest BCUT2D eigenvalue weighted by Gasteiger charge is -2.30. The highest BCUT2D eigenvalue weighted by Crippen LogP contribution is 2.25. The van der Waals surface area contributed by atoms with Crippen molar-refractivity contribution in [3.63, 3.8) is 0 Å². The van der Waals surface area contributed by atoms with Gasteiger partial charge >= 0.3 is 0 Å². The number of ether oxygens (including phenoxy) is 1. The van der Waals surface area contributed by atoms with E-state index in [1.54, 1.807) is 0 Å². The lowest BCUT2D eigenvalue weighted by molar-refractivity contribution is 0.107. The maximum Gasteiger partial charge on any atom is 0.0700 e. The smallest absolute Gasteiger partial charge is 0.0700 e. The number of hydrogen-bond acceptors (Lipinski definition) is 3. The lowest BCUT2D eigenvalue weighted by Crippen LogP contribution is -2.42. The molecule has 2 rings (SSSR count). The largest absolute Gasteiger partial charge is 0.377 e. The van der Waals surface area contributed by atoms with Gasteiger partial charge in [0.2, 0.25) is 0 Å². The van der Waals surface area contributed by atoms with E-state index in [4.69, 9.17) is 4.74 Å². The molecule has 3 heteroatoms. The quantitative estimate of drug-likeness (QED) is 0.778. The second kappa shape index (κ2) is 5.38. The van der Waals surface area contributed by atoms with Crippen LogP contribution < -0.4 is 5.32 Å². The molecule has 0 amide bonds. The van der Waals surface area contributed by atoms with Crippen LogP contribution in [0.4, 0.5) is 0 Å². The van der Waals surface area contributed by atoms with E-state index >= 15 is 0 Å². The van der Waals surface area contributed by atoms with Gasteiger partial charge in [0.05, 0.1) is 6.10 Å². The van der Waals surface area contributed by atoms with Gasteiger partial charge in [0.15, 0.2) is 0 Å². The molecule has 2 aliphatic rings.